The van der Waals surface area contributed by atoms with Crippen LogP contribution < -0.4 is 0 Å². The fourth-order valence-corrected chi connectivity index (χ4v) is 3.68. The average Bonchev–Trinajstić information content (AvgIpc) is 2.98. The third-order valence-corrected chi connectivity index (χ3v) is 5.13. The molecule has 0 N–H and O–H groups in total. The third-order valence-electron chi connectivity index (χ3n) is 5.13. The summed E-state index contributed by atoms with van der Waals surface area (Å²) in [4.78, 5) is 20.8. The average molecular weight is 328 g/mol. The van der Waals surface area contributed by atoms with E-state index >= 15 is 0 Å². The van der Waals surface area contributed by atoms with Crippen molar-refractivity contribution in [2.45, 2.75) is 32.7 Å². The van der Waals surface area contributed by atoms with Gasteiger partial charge in [-0.15, -0.1) is 0 Å². The zero-order valence-electron chi connectivity index (χ0n) is 15.0. The first-order chi connectivity index (χ1) is 11.6. The molecule has 1 aliphatic heterocycles. The molecule has 24 heavy (non-hydrogen) atoms. The van der Waals surface area contributed by atoms with Gasteiger partial charge in [0.1, 0.15) is 5.65 Å². The number of rotatable bonds is 5. The predicted octanol–water partition coefficient (Wildman–Crippen LogP) is 2.40. The molecule has 0 saturated carbocycles. The van der Waals surface area contributed by atoms with E-state index in [0.29, 0.717) is 0 Å². The second kappa shape index (κ2) is 7.34. The molecular weight excluding hydrogens is 300 g/mol. The standard InChI is InChI=1S/C19H28N4O/c1-4-23-14-16(17-6-5-10-20-18(17)23)9-13-22-11-7-15(8-12-22)19(24)21(2)3/h5-6,10,14-15H,4,7-9,11-13H2,1-3H3. The molecule has 0 bridgehead atoms. The Balaban J connectivity index is 1.59. The summed E-state index contributed by atoms with van der Waals surface area (Å²) in [5.41, 5.74) is 2.47. The summed E-state index contributed by atoms with van der Waals surface area (Å²) in [7, 11) is 3.71. The molecule has 5 nitrogen and oxygen atoms in total. The van der Waals surface area contributed by atoms with Crippen LogP contribution in [0, 0.1) is 5.92 Å². The van der Waals surface area contributed by atoms with Crippen molar-refractivity contribution >= 4 is 16.9 Å². The molecule has 3 heterocycles. The molecule has 1 amide bonds. The van der Waals surface area contributed by atoms with Gasteiger partial charge in [0.25, 0.3) is 0 Å². The van der Waals surface area contributed by atoms with Crippen molar-refractivity contribution in [2.75, 3.05) is 33.7 Å². The lowest BCUT2D eigenvalue weighted by Gasteiger charge is -2.32. The van der Waals surface area contributed by atoms with Crippen LogP contribution in [0.25, 0.3) is 11.0 Å². The summed E-state index contributed by atoms with van der Waals surface area (Å²) < 4.78 is 2.23. The van der Waals surface area contributed by atoms with Gasteiger partial charge in [-0.3, -0.25) is 4.79 Å². The van der Waals surface area contributed by atoms with E-state index in [1.165, 1.54) is 10.9 Å². The fourth-order valence-electron chi connectivity index (χ4n) is 3.68. The van der Waals surface area contributed by atoms with Gasteiger partial charge in [0.05, 0.1) is 0 Å². The van der Waals surface area contributed by atoms with Crippen LogP contribution in [-0.4, -0.2) is 59.0 Å². The number of fused-ring (bicyclic) bond motifs is 1. The molecule has 0 radical (unpaired) electrons. The smallest absolute Gasteiger partial charge is 0.225 e. The SMILES string of the molecule is CCn1cc(CCN2CCC(C(=O)N(C)C)CC2)c2cccnc21. The number of hydrogen-bond donors (Lipinski definition) is 0. The van der Waals surface area contributed by atoms with Crippen LogP contribution in [0.5, 0.6) is 0 Å². The predicted molar refractivity (Wildman–Crippen MR) is 97.0 cm³/mol. The van der Waals surface area contributed by atoms with Gasteiger partial charge in [-0.05, 0) is 57.0 Å². The summed E-state index contributed by atoms with van der Waals surface area (Å²) in [5, 5.41) is 1.28. The van der Waals surface area contributed by atoms with Gasteiger partial charge in [-0.2, -0.15) is 0 Å². The fraction of sp³-hybridized carbons (Fsp3) is 0.579. The molecule has 1 saturated heterocycles. The third kappa shape index (κ3) is 3.46. The highest BCUT2D eigenvalue weighted by Gasteiger charge is 2.25. The van der Waals surface area contributed by atoms with E-state index < -0.39 is 0 Å². The lowest BCUT2D eigenvalue weighted by atomic mass is 9.95. The Kier molecular flexibility index (Phi) is 5.19. The van der Waals surface area contributed by atoms with E-state index in [4.69, 9.17) is 0 Å². The molecule has 0 aliphatic carbocycles. The number of hydrogen-bond acceptors (Lipinski definition) is 3. The van der Waals surface area contributed by atoms with Gasteiger partial charge in [0, 0.05) is 50.9 Å². The number of amides is 1. The summed E-state index contributed by atoms with van der Waals surface area (Å²) in [6, 6.07) is 4.19. The van der Waals surface area contributed by atoms with E-state index in [9.17, 15) is 4.79 Å². The zero-order chi connectivity index (χ0) is 17.1. The van der Waals surface area contributed by atoms with Gasteiger partial charge in [0.15, 0.2) is 0 Å². The normalized spacial score (nSPS) is 16.6. The Morgan fingerprint density at radius 3 is 2.75 bits per heavy atom. The van der Waals surface area contributed by atoms with Crippen LogP contribution in [0.4, 0.5) is 0 Å². The molecule has 1 aliphatic rings. The van der Waals surface area contributed by atoms with Crippen LogP contribution in [0.2, 0.25) is 0 Å². The maximum atomic E-state index is 12.1. The van der Waals surface area contributed by atoms with Crippen LogP contribution >= 0.6 is 0 Å². The molecule has 2 aromatic heterocycles. The van der Waals surface area contributed by atoms with E-state index in [-0.39, 0.29) is 11.8 Å². The number of carbonyl (C=O) groups is 1. The second-order valence-corrected chi connectivity index (χ2v) is 6.91. The number of pyridine rings is 1. The minimum atomic E-state index is 0.211. The first-order valence-electron chi connectivity index (χ1n) is 8.96. The zero-order valence-corrected chi connectivity index (χ0v) is 15.0. The molecule has 3 rings (SSSR count). The van der Waals surface area contributed by atoms with Crippen molar-refractivity contribution in [1.29, 1.82) is 0 Å². The van der Waals surface area contributed by atoms with Gasteiger partial charge in [-0.1, -0.05) is 0 Å². The number of piperidine rings is 1. The Bertz CT molecular complexity index is 698. The summed E-state index contributed by atoms with van der Waals surface area (Å²) in [5.74, 6) is 0.495. The van der Waals surface area contributed by atoms with Gasteiger partial charge < -0.3 is 14.4 Å². The molecule has 1 fully saturated rings. The van der Waals surface area contributed by atoms with Crippen molar-refractivity contribution in [1.82, 2.24) is 19.4 Å². The van der Waals surface area contributed by atoms with Crippen molar-refractivity contribution < 1.29 is 4.79 Å². The lowest BCUT2D eigenvalue weighted by molar-refractivity contribution is -0.134. The summed E-state index contributed by atoms with van der Waals surface area (Å²) >= 11 is 0. The van der Waals surface area contributed by atoms with E-state index in [1.54, 1.807) is 4.90 Å². The highest BCUT2D eigenvalue weighted by atomic mass is 16.2. The Hall–Kier alpha value is -1.88. The number of likely N-dealkylation sites (tertiary alicyclic amines) is 1. The minimum Gasteiger partial charge on any atom is -0.349 e. The molecule has 0 aromatic carbocycles. The molecule has 0 spiro atoms. The number of nitrogens with zero attached hydrogens (tertiary/aromatic N) is 4. The van der Waals surface area contributed by atoms with E-state index in [2.05, 4.69) is 33.6 Å². The molecular formula is C19H28N4O. The maximum absolute atomic E-state index is 12.1. The van der Waals surface area contributed by atoms with Gasteiger partial charge >= 0.3 is 0 Å². The van der Waals surface area contributed by atoms with Crippen LogP contribution in [0.15, 0.2) is 24.5 Å². The van der Waals surface area contributed by atoms with Crippen LogP contribution in [0.1, 0.15) is 25.3 Å². The Morgan fingerprint density at radius 2 is 2.08 bits per heavy atom. The molecule has 5 heteroatoms. The van der Waals surface area contributed by atoms with Crippen LogP contribution in [0.3, 0.4) is 0 Å². The van der Waals surface area contributed by atoms with Gasteiger partial charge in [0.2, 0.25) is 5.91 Å². The maximum Gasteiger partial charge on any atom is 0.225 e. The second-order valence-electron chi connectivity index (χ2n) is 6.91. The Morgan fingerprint density at radius 1 is 1.33 bits per heavy atom. The van der Waals surface area contributed by atoms with Crippen molar-refractivity contribution in [3.63, 3.8) is 0 Å². The highest BCUT2D eigenvalue weighted by Crippen LogP contribution is 2.22. The summed E-state index contributed by atoms with van der Waals surface area (Å²) in [6.45, 7) is 6.21. The van der Waals surface area contributed by atoms with Crippen molar-refractivity contribution in [3.05, 3.63) is 30.1 Å². The largest absolute Gasteiger partial charge is 0.349 e. The quantitative estimate of drug-likeness (QED) is 0.846. The first-order valence-corrected chi connectivity index (χ1v) is 8.96. The topological polar surface area (TPSA) is 41.4 Å². The number of carbonyl (C=O) groups excluding carboxylic acids is 1. The molecule has 0 atom stereocenters. The molecule has 130 valence electrons. The van der Waals surface area contributed by atoms with Crippen molar-refractivity contribution in [3.8, 4) is 0 Å². The van der Waals surface area contributed by atoms with Crippen molar-refractivity contribution in [2.24, 2.45) is 5.92 Å². The molecule has 2 aromatic rings. The highest BCUT2D eigenvalue weighted by molar-refractivity contribution is 5.80. The van der Waals surface area contributed by atoms with Crippen LogP contribution in [-0.2, 0) is 17.8 Å². The van der Waals surface area contributed by atoms with E-state index in [0.717, 1.165) is 51.1 Å². The number of aromatic nitrogens is 2. The monoisotopic (exact) mass is 328 g/mol. The summed E-state index contributed by atoms with van der Waals surface area (Å²) in [6.07, 6.45) is 7.12. The Labute approximate surface area is 144 Å². The first kappa shape index (κ1) is 17.0. The molecule has 0 unspecified atom stereocenters. The number of aryl methyl sites for hydroxylation is 1. The lowest BCUT2D eigenvalue weighted by Crippen LogP contribution is -2.40. The van der Waals surface area contributed by atoms with E-state index in [1.807, 2.05) is 26.4 Å². The minimum absolute atomic E-state index is 0.211. The van der Waals surface area contributed by atoms with Gasteiger partial charge in [-0.25, -0.2) is 4.98 Å².